The quantitative estimate of drug-likeness (QED) is 0.172. The highest BCUT2D eigenvalue weighted by molar-refractivity contribution is 7.90. The predicted molar refractivity (Wildman–Crippen MR) is 166 cm³/mol. The molecule has 228 valence electrons. The normalized spacial score (nSPS) is 12.9. The summed E-state index contributed by atoms with van der Waals surface area (Å²) in [5.74, 6) is -0.698. The molecule has 2 N–H and O–H groups in total. The Morgan fingerprint density at radius 1 is 0.727 bits per heavy atom. The standard InChI is InChI=1S/C34H33FN2O6S/c35-32(44(40,41)43-30-19-11-4-12-20-30)24-29(22-21-26-13-5-1-6-14-26)36-33(38)31(23-27-15-7-2-8-16-27)37-34(39)42-25-28-17-9-3-10-18-28/h1-20,24,29,31H,21-23,25H2,(H,36,38)(H,37,39)/b32-24+/t29-,31-/m0/s1. The molecule has 44 heavy (non-hydrogen) atoms. The van der Waals surface area contributed by atoms with Gasteiger partial charge >= 0.3 is 16.2 Å². The van der Waals surface area contributed by atoms with Crippen LogP contribution in [-0.4, -0.2) is 32.5 Å². The van der Waals surface area contributed by atoms with Crippen molar-refractivity contribution in [1.29, 1.82) is 0 Å². The molecule has 0 saturated heterocycles. The first-order valence-electron chi connectivity index (χ1n) is 14.0. The van der Waals surface area contributed by atoms with Crippen molar-refractivity contribution in [1.82, 2.24) is 10.6 Å². The highest BCUT2D eigenvalue weighted by atomic mass is 32.2. The van der Waals surface area contributed by atoms with Gasteiger partial charge in [-0.25, -0.2) is 4.79 Å². The van der Waals surface area contributed by atoms with E-state index in [0.717, 1.165) is 22.8 Å². The third-order valence-corrected chi connectivity index (χ3v) is 7.56. The van der Waals surface area contributed by atoms with Gasteiger partial charge in [0.15, 0.2) is 0 Å². The molecule has 2 amide bonds. The fraction of sp³-hybridized carbons (Fsp3) is 0.176. The van der Waals surface area contributed by atoms with Crippen LogP contribution in [0.4, 0.5) is 9.18 Å². The molecule has 0 saturated carbocycles. The Labute approximate surface area is 256 Å². The maximum atomic E-state index is 15.2. The van der Waals surface area contributed by atoms with Crippen molar-refractivity contribution in [2.75, 3.05) is 0 Å². The zero-order valence-electron chi connectivity index (χ0n) is 23.8. The average molecular weight is 617 g/mol. The molecule has 10 heteroatoms. The lowest BCUT2D eigenvalue weighted by Crippen LogP contribution is -2.50. The molecule has 0 spiro atoms. The van der Waals surface area contributed by atoms with Crippen molar-refractivity contribution in [3.63, 3.8) is 0 Å². The molecule has 0 bridgehead atoms. The molecule has 4 aromatic carbocycles. The van der Waals surface area contributed by atoms with Crippen LogP contribution in [0.2, 0.25) is 0 Å². The molecule has 0 heterocycles. The van der Waals surface area contributed by atoms with Crippen LogP contribution in [0.3, 0.4) is 0 Å². The van der Waals surface area contributed by atoms with E-state index in [1.165, 1.54) is 12.1 Å². The van der Waals surface area contributed by atoms with Crippen LogP contribution in [0.15, 0.2) is 133 Å². The largest absolute Gasteiger partial charge is 0.445 e. The van der Waals surface area contributed by atoms with Gasteiger partial charge in [-0.15, -0.1) is 0 Å². The number of ether oxygens (including phenoxy) is 1. The summed E-state index contributed by atoms with van der Waals surface area (Å²) in [5.41, 5.74) is 2.44. The second-order valence-electron chi connectivity index (χ2n) is 9.91. The lowest BCUT2D eigenvalue weighted by molar-refractivity contribution is -0.123. The molecule has 0 aliphatic heterocycles. The van der Waals surface area contributed by atoms with Crippen LogP contribution < -0.4 is 14.8 Å². The van der Waals surface area contributed by atoms with E-state index < -0.39 is 39.4 Å². The zero-order valence-corrected chi connectivity index (χ0v) is 24.7. The highest BCUT2D eigenvalue weighted by Crippen LogP contribution is 2.19. The summed E-state index contributed by atoms with van der Waals surface area (Å²) in [5, 5.41) is 3.76. The van der Waals surface area contributed by atoms with E-state index in [-0.39, 0.29) is 25.2 Å². The molecule has 2 atom stereocenters. The van der Waals surface area contributed by atoms with Gasteiger partial charge in [-0.2, -0.15) is 12.8 Å². The van der Waals surface area contributed by atoms with Crippen LogP contribution in [0, 0.1) is 0 Å². The molecular formula is C34H33FN2O6S. The van der Waals surface area contributed by atoms with Crippen molar-refractivity contribution in [3.05, 3.63) is 149 Å². The SMILES string of the molecule is O=C(N[C@@H](Cc1ccccc1)C(=O)N[C@H](/C=C(\F)S(=O)(=O)Oc1ccccc1)CCc1ccccc1)OCc1ccccc1. The Hall–Kier alpha value is -4.96. The number of para-hydroxylation sites is 1. The number of nitrogens with one attached hydrogen (secondary N) is 2. The third kappa shape index (κ3) is 10.4. The summed E-state index contributed by atoms with van der Waals surface area (Å²) in [6.45, 7) is -0.000721. The average Bonchev–Trinajstić information content (AvgIpc) is 3.04. The maximum Gasteiger partial charge on any atom is 0.408 e. The summed E-state index contributed by atoms with van der Waals surface area (Å²) in [4.78, 5) is 26.3. The Morgan fingerprint density at radius 3 is 1.84 bits per heavy atom. The number of aryl methyl sites for hydroxylation is 1. The second-order valence-corrected chi connectivity index (χ2v) is 11.4. The maximum absolute atomic E-state index is 15.2. The summed E-state index contributed by atoms with van der Waals surface area (Å²) < 4.78 is 50.8. The first kappa shape index (κ1) is 32.0. The van der Waals surface area contributed by atoms with Crippen molar-refractivity contribution < 1.29 is 31.3 Å². The Balaban J connectivity index is 1.52. The van der Waals surface area contributed by atoms with Gasteiger partial charge in [0.1, 0.15) is 18.4 Å². The highest BCUT2D eigenvalue weighted by Gasteiger charge is 2.27. The topological polar surface area (TPSA) is 111 Å². The summed E-state index contributed by atoms with van der Waals surface area (Å²) >= 11 is 0. The molecule has 0 aliphatic rings. The van der Waals surface area contributed by atoms with Gasteiger partial charge in [-0.3, -0.25) is 4.79 Å². The molecule has 0 fully saturated rings. The van der Waals surface area contributed by atoms with Crippen molar-refractivity contribution in [2.45, 2.75) is 38.0 Å². The number of benzene rings is 4. The first-order chi connectivity index (χ1) is 21.3. The second kappa shape index (κ2) is 16.0. The monoisotopic (exact) mass is 616 g/mol. The van der Waals surface area contributed by atoms with Gasteiger partial charge in [0, 0.05) is 6.42 Å². The molecule has 0 aliphatic carbocycles. The smallest absolute Gasteiger partial charge is 0.408 e. The van der Waals surface area contributed by atoms with Gasteiger partial charge in [-0.05, 0) is 47.7 Å². The van der Waals surface area contributed by atoms with E-state index in [0.29, 0.717) is 6.42 Å². The van der Waals surface area contributed by atoms with Crippen molar-refractivity contribution in [2.24, 2.45) is 0 Å². The Bertz CT molecular complexity index is 1620. The van der Waals surface area contributed by atoms with Gasteiger partial charge < -0.3 is 19.6 Å². The van der Waals surface area contributed by atoms with Crippen LogP contribution in [0.5, 0.6) is 5.75 Å². The van der Waals surface area contributed by atoms with Crippen LogP contribution in [0.1, 0.15) is 23.1 Å². The molecule has 4 rings (SSSR count). The van der Waals surface area contributed by atoms with Crippen molar-refractivity contribution in [3.8, 4) is 5.75 Å². The molecular weight excluding hydrogens is 583 g/mol. The number of rotatable bonds is 14. The number of amides is 2. The minimum atomic E-state index is -4.80. The van der Waals surface area contributed by atoms with Crippen molar-refractivity contribution >= 4 is 22.1 Å². The Morgan fingerprint density at radius 2 is 1.25 bits per heavy atom. The number of halogens is 1. The van der Waals surface area contributed by atoms with Crippen LogP contribution >= 0.6 is 0 Å². The van der Waals surface area contributed by atoms with E-state index >= 15 is 4.39 Å². The van der Waals surface area contributed by atoms with Gasteiger partial charge in [0.05, 0.1) is 6.04 Å². The summed E-state index contributed by atoms with van der Waals surface area (Å²) in [7, 11) is -4.80. The van der Waals surface area contributed by atoms with Gasteiger partial charge in [-0.1, -0.05) is 109 Å². The van der Waals surface area contributed by atoms with E-state index in [9.17, 15) is 18.0 Å². The van der Waals surface area contributed by atoms with E-state index in [4.69, 9.17) is 8.92 Å². The molecule has 0 radical (unpaired) electrons. The van der Waals surface area contributed by atoms with Gasteiger partial charge in [0.2, 0.25) is 5.91 Å². The summed E-state index contributed by atoms with van der Waals surface area (Å²) in [6.07, 6.45) is 0.685. The lowest BCUT2D eigenvalue weighted by Gasteiger charge is -2.22. The number of hydrogen-bond acceptors (Lipinski definition) is 6. The van der Waals surface area contributed by atoms with E-state index in [1.54, 1.807) is 54.6 Å². The van der Waals surface area contributed by atoms with E-state index in [2.05, 4.69) is 10.6 Å². The molecule has 8 nitrogen and oxygen atoms in total. The van der Waals surface area contributed by atoms with Crippen LogP contribution in [0.25, 0.3) is 0 Å². The number of alkyl carbamates (subject to hydrolysis) is 1. The number of hydrogen-bond donors (Lipinski definition) is 2. The zero-order chi connectivity index (χ0) is 31.2. The first-order valence-corrected chi connectivity index (χ1v) is 15.4. The van der Waals surface area contributed by atoms with Gasteiger partial charge in [0.25, 0.3) is 5.16 Å². The van der Waals surface area contributed by atoms with E-state index in [1.807, 2.05) is 54.6 Å². The number of carbonyl (C=O) groups is 2. The third-order valence-electron chi connectivity index (χ3n) is 6.54. The fourth-order valence-electron chi connectivity index (χ4n) is 4.30. The van der Waals surface area contributed by atoms with Crippen LogP contribution in [-0.2, 0) is 39.1 Å². The fourth-order valence-corrected chi connectivity index (χ4v) is 5.07. The minimum Gasteiger partial charge on any atom is -0.445 e. The molecule has 0 unspecified atom stereocenters. The Kier molecular flexibility index (Phi) is 11.7. The summed E-state index contributed by atoms with van der Waals surface area (Å²) in [6, 6.07) is 32.8. The lowest BCUT2D eigenvalue weighted by atomic mass is 10.0. The predicted octanol–water partition coefficient (Wildman–Crippen LogP) is 5.86. The number of carbonyl (C=O) groups excluding carboxylic acids is 2. The molecule has 0 aromatic heterocycles. The minimum absolute atomic E-state index is 0.000721. The molecule has 4 aromatic rings.